The molecule has 0 unspecified atom stereocenters. The summed E-state index contributed by atoms with van der Waals surface area (Å²) >= 11 is 0. The number of benzene rings is 2. The minimum absolute atomic E-state index is 0.204. The molecule has 2 aromatic rings. The molecular formula is C17H15N3O2. The molecule has 0 saturated heterocycles. The van der Waals surface area contributed by atoms with Gasteiger partial charge >= 0.3 is 0 Å². The number of nitriles is 1. The molecule has 0 saturated carbocycles. The molecule has 0 radical (unpaired) electrons. The molecule has 22 heavy (non-hydrogen) atoms. The molecule has 2 rings (SSSR count). The number of ether oxygens (including phenoxy) is 1. The maximum Gasteiger partial charge on any atom is 0.277 e. The molecule has 0 aliphatic heterocycles. The third-order valence-corrected chi connectivity index (χ3v) is 2.91. The fourth-order valence-corrected chi connectivity index (χ4v) is 1.75. The van der Waals surface area contributed by atoms with Crippen molar-refractivity contribution in [3.05, 3.63) is 65.7 Å². The highest BCUT2D eigenvalue weighted by Crippen LogP contribution is 2.16. The molecule has 1 N–H and O–H groups in total. The van der Waals surface area contributed by atoms with Crippen LogP contribution in [0.1, 0.15) is 18.1 Å². The van der Waals surface area contributed by atoms with Crippen LogP contribution >= 0.6 is 0 Å². The summed E-state index contributed by atoms with van der Waals surface area (Å²) in [6.45, 7) is 1.60. The molecule has 0 heterocycles. The normalized spacial score (nSPS) is 10.6. The van der Waals surface area contributed by atoms with Gasteiger partial charge in [-0.25, -0.2) is 5.43 Å². The van der Waals surface area contributed by atoms with E-state index in [0.717, 1.165) is 5.56 Å². The molecule has 110 valence electrons. The van der Waals surface area contributed by atoms with E-state index in [9.17, 15) is 4.79 Å². The Morgan fingerprint density at radius 2 is 1.86 bits per heavy atom. The minimum Gasteiger partial charge on any atom is -0.482 e. The predicted octanol–water partition coefficient (Wildman–Crippen LogP) is 2.48. The third-order valence-electron chi connectivity index (χ3n) is 2.91. The molecule has 5 heteroatoms. The second-order valence-corrected chi connectivity index (χ2v) is 4.49. The van der Waals surface area contributed by atoms with Gasteiger partial charge in [0.1, 0.15) is 11.8 Å². The van der Waals surface area contributed by atoms with Gasteiger partial charge in [0.2, 0.25) is 0 Å². The molecule has 0 fully saturated rings. The molecule has 2 aromatic carbocycles. The van der Waals surface area contributed by atoms with Crippen LogP contribution in [0.3, 0.4) is 0 Å². The summed E-state index contributed by atoms with van der Waals surface area (Å²) in [5.41, 5.74) is 4.45. The maximum absolute atomic E-state index is 11.7. The van der Waals surface area contributed by atoms with E-state index in [1.807, 2.05) is 36.4 Å². The first-order valence-electron chi connectivity index (χ1n) is 6.71. The Bertz CT molecular complexity index is 718. The van der Waals surface area contributed by atoms with E-state index < -0.39 is 0 Å². The van der Waals surface area contributed by atoms with Crippen molar-refractivity contribution in [2.75, 3.05) is 6.61 Å². The Morgan fingerprint density at radius 1 is 1.18 bits per heavy atom. The van der Waals surface area contributed by atoms with E-state index in [2.05, 4.69) is 10.5 Å². The number of amides is 1. The number of carbonyl (C=O) groups excluding carboxylic acids is 1. The molecule has 5 nitrogen and oxygen atoms in total. The number of hydrogen-bond donors (Lipinski definition) is 1. The van der Waals surface area contributed by atoms with Gasteiger partial charge in [-0.1, -0.05) is 42.5 Å². The summed E-state index contributed by atoms with van der Waals surface area (Å²) in [5, 5.41) is 13.0. The highest BCUT2D eigenvalue weighted by Gasteiger charge is 2.06. The fraction of sp³-hybridized carbons (Fsp3) is 0.118. The van der Waals surface area contributed by atoms with Gasteiger partial charge in [-0.2, -0.15) is 10.4 Å². The monoisotopic (exact) mass is 293 g/mol. The Hall–Kier alpha value is -3.13. The highest BCUT2D eigenvalue weighted by molar-refractivity contribution is 5.99. The molecule has 0 aliphatic rings. The van der Waals surface area contributed by atoms with Crippen LogP contribution in [0.15, 0.2) is 59.7 Å². The van der Waals surface area contributed by atoms with Crippen molar-refractivity contribution in [1.82, 2.24) is 5.43 Å². The van der Waals surface area contributed by atoms with Crippen molar-refractivity contribution in [1.29, 1.82) is 5.26 Å². The summed E-state index contributed by atoms with van der Waals surface area (Å²) in [5.74, 6) is -0.00747. The quantitative estimate of drug-likeness (QED) is 0.679. The van der Waals surface area contributed by atoms with Crippen molar-refractivity contribution >= 4 is 11.6 Å². The van der Waals surface area contributed by atoms with Crippen molar-refractivity contribution in [2.24, 2.45) is 5.10 Å². The first-order chi connectivity index (χ1) is 10.7. The second-order valence-electron chi connectivity index (χ2n) is 4.49. The summed E-state index contributed by atoms with van der Waals surface area (Å²) in [6, 6.07) is 18.3. The number of para-hydroxylation sites is 1. The number of carbonyl (C=O) groups is 1. The van der Waals surface area contributed by atoms with Gasteiger partial charge in [-0.15, -0.1) is 0 Å². The summed E-state index contributed by atoms with van der Waals surface area (Å²) in [4.78, 5) is 11.7. The van der Waals surface area contributed by atoms with Gasteiger partial charge in [0.05, 0.1) is 11.3 Å². The lowest BCUT2D eigenvalue weighted by atomic mass is 10.1. The lowest BCUT2D eigenvalue weighted by Crippen LogP contribution is -2.25. The fourth-order valence-electron chi connectivity index (χ4n) is 1.75. The van der Waals surface area contributed by atoms with Crippen molar-refractivity contribution in [2.45, 2.75) is 6.92 Å². The van der Waals surface area contributed by atoms with E-state index in [4.69, 9.17) is 10.00 Å². The number of nitrogens with one attached hydrogen (secondary N) is 1. The Labute approximate surface area is 128 Å². The molecule has 0 atom stereocenters. The average molecular weight is 293 g/mol. The summed E-state index contributed by atoms with van der Waals surface area (Å²) in [6.07, 6.45) is 0. The lowest BCUT2D eigenvalue weighted by Gasteiger charge is -2.07. The van der Waals surface area contributed by atoms with Gasteiger partial charge in [0.15, 0.2) is 6.61 Å². The van der Waals surface area contributed by atoms with Crippen LogP contribution in [-0.4, -0.2) is 18.2 Å². The van der Waals surface area contributed by atoms with Crippen LogP contribution in [0.4, 0.5) is 0 Å². The first kappa shape index (κ1) is 15.3. The van der Waals surface area contributed by atoms with Crippen molar-refractivity contribution in [3.8, 4) is 11.8 Å². The number of hydrazone groups is 1. The standard InChI is InChI=1S/C17H15N3O2/c1-13(14-7-3-2-4-8-14)19-20-17(21)12-22-16-10-6-5-9-15(16)11-18/h2-10H,12H2,1H3,(H,20,21)/b19-13+. The van der Waals surface area contributed by atoms with E-state index in [0.29, 0.717) is 17.0 Å². The van der Waals surface area contributed by atoms with E-state index >= 15 is 0 Å². The largest absolute Gasteiger partial charge is 0.482 e. The smallest absolute Gasteiger partial charge is 0.277 e. The van der Waals surface area contributed by atoms with E-state index in [1.54, 1.807) is 31.2 Å². The van der Waals surface area contributed by atoms with E-state index in [1.165, 1.54) is 0 Å². The number of hydrogen-bond acceptors (Lipinski definition) is 4. The van der Waals surface area contributed by atoms with Crippen LogP contribution in [-0.2, 0) is 4.79 Å². The number of nitrogens with zero attached hydrogens (tertiary/aromatic N) is 2. The maximum atomic E-state index is 11.7. The number of rotatable bonds is 5. The summed E-state index contributed by atoms with van der Waals surface area (Å²) in [7, 11) is 0. The van der Waals surface area contributed by atoms with Crippen LogP contribution in [0.5, 0.6) is 5.75 Å². The zero-order valence-corrected chi connectivity index (χ0v) is 12.1. The van der Waals surface area contributed by atoms with Crippen molar-refractivity contribution in [3.63, 3.8) is 0 Å². The molecule has 0 aliphatic carbocycles. The first-order valence-corrected chi connectivity index (χ1v) is 6.71. The second kappa shape index (κ2) is 7.60. The van der Waals surface area contributed by atoms with E-state index in [-0.39, 0.29) is 12.5 Å². The van der Waals surface area contributed by atoms with Crippen LogP contribution in [0.25, 0.3) is 0 Å². The Kier molecular flexibility index (Phi) is 5.27. The van der Waals surface area contributed by atoms with Crippen LogP contribution < -0.4 is 10.2 Å². The molecule has 1 amide bonds. The Balaban J connectivity index is 1.90. The molecule has 0 bridgehead atoms. The van der Waals surface area contributed by atoms with Gasteiger partial charge in [-0.3, -0.25) is 4.79 Å². The zero-order chi connectivity index (χ0) is 15.8. The molecular weight excluding hydrogens is 278 g/mol. The van der Waals surface area contributed by atoms with Gasteiger partial charge in [0, 0.05) is 0 Å². The Morgan fingerprint density at radius 3 is 2.59 bits per heavy atom. The van der Waals surface area contributed by atoms with Gasteiger partial charge < -0.3 is 4.74 Å². The average Bonchev–Trinajstić information content (AvgIpc) is 2.58. The SMILES string of the molecule is C/C(=N\NC(=O)COc1ccccc1C#N)c1ccccc1. The van der Waals surface area contributed by atoms with Crippen LogP contribution in [0.2, 0.25) is 0 Å². The topological polar surface area (TPSA) is 74.5 Å². The summed E-state index contributed by atoms with van der Waals surface area (Å²) < 4.78 is 5.32. The molecule has 0 spiro atoms. The van der Waals surface area contributed by atoms with Crippen molar-refractivity contribution < 1.29 is 9.53 Å². The third kappa shape index (κ3) is 4.18. The minimum atomic E-state index is -0.386. The van der Waals surface area contributed by atoms with Crippen LogP contribution in [0, 0.1) is 11.3 Å². The van der Waals surface area contributed by atoms with Gasteiger partial charge in [0.25, 0.3) is 5.91 Å². The predicted molar refractivity (Wildman–Crippen MR) is 83.4 cm³/mol. The molecule has 0 aromatic heterocycles. The lowest BCUT2D eigenvalue weighted by molar-refractivity contribution is -0.123. The zero-order valence-electron chi connectivity index (χ0n) is 12.1. The van der Waals surface area contributed by atoms with Gasteiger partial charge in [-0.05, 0) is 24.6 Å². The highest BCUT2D eigenvalue weighted by atomic mass is 16.5.